The Morgan fingerprint density at radius 3 is 3.04 bits per heavy atom. The maximum Gasteiger partial charge on any atom is 0.290 e. The van der Waals surface area contributed by atoms with Gasteiger partial charge in [0.05, 0.1) is 25.0 Å². The Kier molecular flexibility index (Phi) is 4.17. The molecule has 7 heteroatoms. The molecule has 3 unspecified atom stereocenters. The van der Waals surface area contributed by atoms with Crippen LogP contribution in [0.3, 0.4) is 0 Å². The second-order valence-electron chi connectivity index (χ2n) is 6.36. The average molecular weight is 346 g/mol. The molecule has 3 heterocycles. The Morgan fingerprint density at radius 2 is 2.28 bits per heavy atom. The van der Waals surface area contributed by atoms with Crippen molar-refractivity contribution < 1.29 is 23.1 Å². The van der Waals surface area contributed by atoms with Crippen molar-refractivity contribution in [1.82, 2.24) is 9.88 Å². The van der Waals surface area contributed by atoms with Gasteiger partial charge in [0.2, 0.25) is 0 Å². The quantitative estimate of drug-likeness (QED) is 0.855. The third kappa shape index (κ3) is 2.89. The number of furan rings is 1. The number of amides is 1. The molecule has 0 radical (unpaired) electrons. The molecule has 1 amide bonds. The predicted octanol–water partition coefficient (Wildman–Crippen LogP) is 2.57. The molecule has 0 aromatic carbocycles. The van der Waals surface area contributed by atoms with E-state index < -0.39 is 11.9 Å². The van der Waals surface area contributed by atoms with Gasteiger partial charge in [0, 0.05) is 18.3 Å². The van der Waals surface area contributed by atoms with Gasteiger partial charge in [-0.15, -0.1) is 0 Å². The fraction of sp³-hybridized carbons (Fsp3) is 0.444. The number of nitrogens with zero attached hydrogens (tertiary/aromatic N) is 2. The lowest BCUT2D eigenvalue weighted by atomic mass is 10.1. The van der Waals surface area contributed by atoms with Gasteiger partial charge in [0.25, 0.3) is 11.8 Å². The first-order valence-electron chi connectivity index (χ1n) is 8.39. The van der Waals surface area contributed by atoms with E-state index in [1.165, 1.54) is 24.6 Å². The lowest BCUT2D eigenvalue weighted by molar-refractivity contribution is 0.000275. The Labute approximate surface area is 144 Å². The van der Waals surface area contributed by atoms with E-state index in [-0.39, 0.29) is 23.9 Å². The van der Waals surface area contributed by atoms with Gasteiger partial charge in [-0.1, -0.05) is 0 Å². The van der Waals surface area contributed by atoms with Crippen molar-refractivity contribution in [2.24, 2.45) is 0 Å². The second-order valence-corrected chi connectivity index (χ2v) is 6.36. The van der Waals surface area contributed by atoms with Crippen molar-refractivity contribution in [2.75, 3.05) is 13.2 Å². The number of pyridine rings is 1. The van der Waals surface area contributed by atoms with E-state index >= 15 is 0 Å². The van der Waals surface area contributed by atoms with Crippen LogP contribution in [-0.4, -0.2) is 47.2 Å². The number of halogens is 1. The van der Waals surface area contributed by atoms with Crippen LogP contribution in [0, 0.1) is 12.7 Å². The highest BCUT2D eigenvalue weighted by atomic mass is 19.1. The van der Waals surface area contributed by atoms with Crippen molar-refractivity contribution in [2.45, 2.75) is 38.0 Å². The van der Waals surface area contributed by atoms with E-state index in [2.05, 4.69) is 4.98 Å². The van der Waals surface area contributed by atoms with E-state index in [1.807, 2.05) is 6.92 Å². The smallest absolute Gasteiger partial charge is 0.290 e. The van der Waals surface area contributed by atoms with Gasteiger partial charge in [0.15, 0.2) is 11.6 Å². The van der Waals surface area contributed by atoms with Crippen LogP contribution in [0.4, 0.5) is 4.39 Å². The monoisotopic (exact) mass is 346 g/mol. The van der Waals surface area contributed by atoms with Gasteiger partial charge in [-0.05, 0) is 38.0 Å². The maximum atomic E-state index is 13.9. The van der Waals surface area contributed by atoms with Crippen molar-refractivity contribution >= 4 is 5.91 Å². The topological polar surface area (TPSA) is 64.8 Å². The zero-order valence-electron chi connectivity index (χ0n) is 13.9. The summed E-state index contributed by atoms with van der Waals surface area (Å²) in [5.74, 6) is -0.441. The van der Waals surface area contributed by atoms with E-state index in [9.17, 15) is 9.18 Å². The van der Waals surface area contributed by atoms with Crippen molar-refractivity contribution in [3.05, 3.63) is 47.8 Å². The molecule has 25 heavy (non-hydrogen) atoms. The molecule has 1 saturated heterocycles. The van der Waals surface area contributed by atoms with Crippen LogP contribution in [0.2, 0.25) is 0 Å². The summed E-state index contributed by atoms with van der Waals surface area (Å²) in [6, 6.07) is 4.37. The molecule has 132 valence electrons. The van der Waals surface area contributed by atoms with Crippen LogP contribution in [0.5, 0.6) is 5.88 Å². The minimum absolute atomic E-state index is 0.0588. The molecule has 1 aliphatic heterocycles. The lowest BCUT2D eigenvalue weighted by Crippen LogP contribution is -2.47. The third-order valence-corrected chi connectivity index (χ3v) is 4.85. The molecule has 2 aromatic rings. The fourth-order valence-corrected chi connectivity index (χ4v) is 3.61. The first-order valence-corrected chi connectivity index (χ1v) is 8.39. The molecular weight excluding hydrogens is 327 g/mol. The van der Waals surface area contributed by atoms with E-state index in [4.69, 9.17) is 13.9 Å². The Bertz CT molecular complexity index is 778. The van der Waals surface area contributed by atoms with Crippen LogP contribution in [0.25, 0.3) is 0 Å². The van der Waals surface area contributed by atoms with Crippen LogP contribution in [0.15, 0.2) is 35.1 Å². The molecule has 4 rings (SSSR count). The third-order valence-electron chi connectivity index (χ3n) is 4.85. The highest BCUT2D eigenvalue weighted by Gasteiger charge is 2.46. The van der Waals surface area contributed by atoms with Crippen molar-refractivity contribution in [3.8, 4) is 5.88 Å². The summed E-state index contributed by atoms with van der Waals surface area (Å²) in [7, 11) is 0. The molecule has 1 saturated carbocycles. The number of rotatable bonds is 3. The number of carbonyl (C=O) groups is 1. The van der Waals surface area contributed by atoms with E-state index in [0.29, 0.717) is 18.9 Å². The molecule has 2 aliphatic rings. The van der Waals surface area contributed by atoms with Gasteiger partial charge in [-0.2, -0.15) is 0 Å². The van der Waals surface area contributed by atoms with Crippen LogP contribution < -0.4 is 4.74 Å². The minimum Gasteiger partial charge on any atom is -0.467 e. The molecule has 1 aliphatic carbocycles. The molecule has 6 nitrogen and oxygen atoms in total. The van der Waals surface area contributed by atoms with Crippen LogP contribution in [-0.2, 0) is 4.74 Å². The zero-order chi connectivity index (χ0) is 17.4. The normalized spacial score (nSPS) is 25.7. The zero-order valence-corrected chi connectivity index (χ0v) is 13.9. The molecule has 0 spiro atoms. The molecule has 2 aromatic heterocycles. The number of hydrogen-bond donors (Lipinski definition) is 0. The summed E-state index contributed by atoms with van der Waals surface area (Å²) in [6.45, 7) is 2.70. The predicted molar refractivity (Wildman–Crippen MR) is 85.9 cm³/mol. The van der Waals surface area contributed by atoms with Gasteiger partial charge in [-0.3, -0.25) is 4.79 Å². The molecular formula is C18H19FN2O4. The second kappa shape index (κ2) is 6.48. The minimum atomic E-state index is -0.522. The number of aromatic nitrogens is 1. The Hall–Kier alpha value is -2.41. The number of fused-ring (bicyclic) bond motifs is 2. The summed E-state index contributed by atoms with van der Waals surface area (Å²) in [6.07, 6.45) is 3.84. The molecule has 3 atom stereocenters. The summed E-state index contributed by atoms with van der Waals surface area (Å²) >= 11 is 0. The summed E-state index contributed by atoms with van der Waals surface area (Å²) in [5, 5.41) is 0. The SMILES string of the molecule is Cc1ccoc1C(=O)N1CCOC2CCC1C2Oc1ncccc1F. The molecule has 0 N–H and O–H groups in total. The number of carbonyl (C=O) groups excluding carboxylic acids is 1. The fourth-order valence-electron chi connectivity index (χ4n) is 3.61. The first kappa shape index (κ1) is 16.1. The average Bonchev–Trinajstić information content (AvgIpc) is 3.13. The molecule has 2 fully saturated rings. The largest absolute Gasteiger partial charge is 0.467 e. The molecule has 2 bridgehead atoms. The highest BCUT2D eigenvalue weighted by molar-refractivity contribution is 5.93. The van der Waals surface area contributed by atoms with Crippen molar-refractivity contribution in [3.63, 3.8) is 0 Å². The number of aryl methyl sites for hydroxylation is 1. The van der Waals surface area contributed by atoms with Gasteiger partial charge >= 0.3 is 0 Å². The maximum absolute atomic E-state index is 13.9. The van der Waals surface area contributed by atoms with Crippen LogP contribution >= 0.6 is 0 Å². The van der Waals surface area contributed by atoms with Gasteiger partial charge < -0.3 is 18.8 Å². The standard InChI is InChI=1S/C18H19FN2O4/c1-11-6-9-24-15(11)18(22)21-8-10-23-14-5-4-13(21)16(14)25-17-12(19)3-2-7-20-17/h2-3,6-7,9,13-14,16H,4-5,8,10H2,1H3. The van der Waals surface area contributed by atoms with Crippen LogP contribution in [0.1, 0.15) is 29.0 Å². The van der Waals surface area contributed by atoms with Gasteiger partial charge in [-0.25, -0.2) is 9.37 Å². The summed E-state index contributed by atoms with van der Waals surface area (Å²) < 4.78 is 31.0. The lowest BCUT2D eigenvalue weighted by Gasteiger charge is -2.30. The number of hydrogen-bond acceptors (Lipinski definition) is 5. The Balaban J connectivity index is 1.61. The van der Waals surface area contributed by atoms with Crippen molar-refractivity contribution in [1.29, 1.82) is 0 Å². The van der Waals surface area contributed by atoms with Gasteiger partial charge in [0.1, 0.15) is 6.10 Å². The summed E-state index contributed by atoms with van der Waals surface area (Å²) in [5.41, 5.74) is 0.790. The van der Waals surface area contributed by atoms with E-state index in [0.717, 1.165) is 18.4 Å². The number of ether oxygens (including phenoxy) is 2. The highest BCUT2D eigenvalue weighted by Crippen LogP contribution is 2.34. The van der Waals surface area contributed by atoms with E-state index in [1.54, 1.807) is 11.0 Å². The summed E-state index contributed by atoms with van der Waals surface area (Å²) in [4.78, 5) is 18.6. The Morgan fingerprint density at radius 1 is 1.40 bits per heavy atom. The first-order chi connectivity index (χ1) is 12.1.